The Bertz CT molecular complexity index is 879. The molecule has 4 heteroatoms. The van der Waals surface area contributed by atoms with Crippen LogP contribution in [0.1, 0.15) is 55.2 Å². The lowest BCUT2D eigenvalue weighted by molar-refractivity contribution is 0.0881. The van der Waals surface area contributed by atoms with Crippen molar-refractivity contribution in [2.75, 3.05) is 0 Å². The average Bonchev–Trinajstić information content (AvgIpc) is 3.00. The summed E-state index contributed by atoms with van der Waals surface area (Å²) in [5, 5.41) is 8.04. The number of hydrogen-bond donors (Lipinski definition) is 1. The molecule has 0 amide bonds. The van der Waals surface area contributed by atoms with E-state index in [0.29, 0.717) is 6.54 Å². The Labute approximate surface area is 148 Å². The van der Waals surface area contributed by atoms with Crippen LogP contribution in [-0.4, -0.2) is 20.9 Å². The number of ketones is 1. The SMILES string of the molecule is CC(C)c1nn2ccccc2c1C(=O)C(C)(C)NCc1ccccc1. The topological polar surface area (TPSA) is 46.4 Å². The third-order valence-corrected chi connectivity index (χ3v) is 4.49. The second kappa shape index (κ2) is 6.81. The van der Waals surface area contributed by atoms with Gasteiger partial charge in [-0.1, -0.05) is 50.2 Å². The van der Waals surface area contributed by atoms with Crippen molar-refractivity contribution >= 4 is 11.3 Å². The van der Waals surface area contributed by atoms with E-state index < -0.39 is 5.54 Å². The predicted octanol–water partition coefficient (Wildman–Crippen LogP) is 4.21. The molecule has 3 aromatic rings. The molecule has 0 radical (unpaired) electrons. The van der Waals surface area contributed by atoms with Crippen LogP contribution in [0.2, 0.25) is 0 Å². The Balaban J connectivity index is 1.93. The van der Waals surface area contributed by atoms with Gasteiger partial charge in [-0.2, -0.15) is 5.10 Å². The molecule has 25 heavy (non-hydrogen) atoms. The number of fused-ring (bicyclic) bond motifs is 1. The van der Waals surface area contributed by atoms with E-state index >= 15 is 0 Å². The van der Waals surface area contributed by atoms with Gasteiger partial charge in [-0.15, -0.1) is 0 Å². The fourth-order valence-corrected chi connectivity index (χ4v) is 2.97. The van der Waals surface area contributed by atoms with Gasteiger partial charge >= 0.3 is 0 Å². The Kier molecular flexibility index (Phi) is 4.73. The van der Waals surface area contributed by atoms with Crippen molar-refractivity contribution < 1.29 is 4.79 Å². The molecule has 2 aromatic heterocycles. The number of hydrogen-bond acceptors (Lipinski definition) is 3. The summed E-state index contributed by atoms with van der Waals surface area (Å²) in [7, 11) is 0. The molecule has 0 bridgehead atoms. The van der Waals surface area contributed by atoms with Crippen LogP contribution in [0, 0.1) is 0 Å². The van der Waals surface area contributed by atoms with Gasteiger partial charge in [0.1, 0.15) is 0 Å². The second-order valence-electron chi connectivity index (χ2n) is 7.24. The molecule has 0 aliphatic rings. The highest BCUT2D eigenvalue weighted by Crippen LogP contribution is 2.27. The maximum absolute atomic E-state index is 13.4. The number of aromatic nitrogens is 2. The molecule has 1 aromatic carbocycles. The highest BCUT2D eigenvalue weighted by molar-refractivity contribution is 6.08. The molecule has 0 aliphatic carbocycles. The minimum absolute atomic E-state index is 0.0772. The van der Waals surface area contributed by atoms with Gasteiger partial charge in [0.2, 0.25) is 0 Å². The van der Waals surface area contributed by atoms with E-state index in [9.17, 15) is 4.79 Å². The molecule has 0 atom stereocenters. The summed E-state index contributed by atoms with van der Waals surface area (Å²) in [6.07, 6.45) is 1.89. The third kappa shape index (κ3) is 3.49. The van der Waals surface area contributed by atoms with E-state index in [1.54, 1.807) is 4.52 Å². The zero-order valence-corrected chi connectivity index (χ0v) is 15.3. The van der Waals surface area contributed by atoms with Crippen molar-refractivity contribution in [3.63, 3.8) is 0 Å². The fourth-order valence-electron chi connectivity index (χ4n) is 2.97. The molecule has 2 heterocycles. The van der Waals surface area contributed by atoms with Crippen LogP contribution in [0.15, 0.2) is 54.7 Å². The summed E-state index contributed by atoms with van der Waals surface area (Å²) in [5.41, 5.74) is 2.92. The summed E-state index contributed by atoms with van der Waals surface area (Å²) in [4.78, 5) is 13.4. The molecule has 130 valence electrons. The fraction of sp³-hybridized carbons (Fsp3) is 0.333. The molecule has 4 nitrogen and oxygen atoms in total. The number of Topliss-reactive ketones (excluding diaryl/α,β-unsaturated/α-hetero) is 1. The van der Waals surface area contributed by atoms with E-state index in [1.165, 1.54) is 0 Å². The maximum Gasteiger partial charge on any atom is 0.186 e. The third-order valence-electron chi connectivity index (χ3n) is 4.49. The number of carbonyl (C=O) groups excluding carboxylic acids is 1. The Morgan fingerprint density at radius 1 is 1.12 bits per heavy atom. The first-order valence-corrected chi connectivity index (χ1v) is 8.71. The standard InChI is InChI=1S/C21H25N3O/c1-15(2)19-18(17-12-8-9-13-24(17)23-19)20(25)21(3,4)22-14-16-10-6-5-7-11-16/h5-13,15,22H,14H2,1-4H3. The summed E-state index contributed by atoms with van der Waals surface area (Å²) in [5.74, 6) is 0.261. The number of rotatable bonds is 6. The number of nitrogens with one attached hydrogen (secondary N) is 1. The lowest BCUT2D eigenvalue weighted by Gasteiger charge is -2.25. The highest BCUT2D eigenvalue weighted by atomic mass is 16.1. The second-order valence-corrected chi connectivity index (χ2v) is 7.24. The number of carbonyl (C=O) groups is 1. The maximum atomic E-state index is 13.4. The summed E-state index contributed by atoms with van der Waals surface area (Å²) in [6.45, 7) is 8.67. The van der Waals surface area contributed by atoms with Gasteiger partial charge in [0.15, 0.2) is 5.78 Å². The van der Waals surface area contributed by atoms with Crippen LogP contribution in [0.25, 0.3) is 5.52 Å². The molecule has 0 aliphatic heterocycles. The van der Waals surface area contributed by atoms with Gasteiger partial charge < -0.3 is 5.32 Å². The molecular weight excluding hydrogens is 310 g/mol. The highest BCUT2D eigenvalue weighted by Gasteiger charge is 2.33. The normalized spacial score (nSPS) is 12.0. The van der Waals surface area contributed by atoms with E-state index in [0.717, 1.165) is 22.3 Å². The van der Waals surface area contributed by atoms with E-state index in [2.05, 4.69) is 36.4 Å². The Hall–Kier alpha value is -2.46. The molecule has 0 unspecified atom stereocenters. The zero-order chi connectivity index (χ0) is 18.0. The molecule has 0 spiro atoms. The van der Waals surface area contributed by atoms with Crippen LogP contribution in [0.3, 0.4) is 0 Å². The van der Waals surface area contributed by atoms with Crippen molar-refractivity contribution in [3.05, 3.63) is 71.5 Å². The van der Waals surface area contributed by atoms with E-state index in [-0.39, 0.29) is 11.7 Å². The minimum atomic E-state index is -0.682. The number of nitrogens with zero attached hydrogens (tertiary/aromatic N) is 2. The Morgan fingerprint density at radius 3 is 2.48 bits per heavy atom. The molecule has 0 saturated carbocycles. The lowest BCUT2D eigenvalue weighted by Crippen LogP contribution is -2.46. The van der Waals surface area contributed by atoms with Gasteiger partial charge in [-0.25, -0.2) is 4.52 Å². The van der Waals surface area contributed by atoms with Gasteiger partial charge in [0, 0.05) is 12.7 Å². The smallest absolute Gasteiger partial charge is 0.186 e. The first-order chi connectivity index (χ1) is 11.9. The lowest BCUT2D eigenvalue weighted by atomic mass is 9.89. The molecule has 1 N–H and O–H groups in total. The van der Waals surface area contributed by atoms with Crippen molar-refractivity contribution in [1.82, 2.24) is 14.9 Å². The van der Waals surface area contributed by atoms with Gasteiger partial charge in [-0.3, -0.25) is 4.79 Å². The van der Waals surface area contributed by atoms with Crippen LogP contribution >= 0.6 is 0 Å². The van der Waals surface area contributed by atoms with Gasteiger partial charge in [0.05, 0.1) is 22.3 Å². The zero-order valence-electron chi connectivity index (χ0n) is 15.3. The largest absolute Gasteiger partial charge is 0.301 e. The van der Waals surface area contributed by atoms with Gasteiger partial charge in [-0.05, 0) is 37.5 Å². The van der Waals surface area contributed by atoms with Gasteiger partial charge in [0.25, 0.3) is 0 Å². The monoisotopic (exact) mass is 335 g/mol. The number of benzene rings is 1. The molecular formula is C21H25N3O. The quantitative estimate of drug-likeness (QED) is 0.687. The molecule has 3 rings (SSSR count). The average molecular weight is 335 g/mol. The van der Waals surface area contributed by atoms with Crippen molar-refractivity contribution in [3.8, 4) is 0 Å². The Morgan fingerprint density at radius 2 is 1.80 bits per heavy atom. The summed E-state index contributed by atoms with van der Waals surface area (Å²) in [6, 6.07) is 16.0. The van der Waals surface area contributed by atoms with Crippen LogP contribution in [0.4, 0.5) is 0 Å². The van der Waals surface area contributed by atoms with Crippen molar-refractivity contribution in [2.45, 2.75) is 45.7 Å². The first-order valence-electron chi connectivity index (χ1n) is 8.71. The van der Waals surface area contributed by atoms with Crippen molar-refractivity contribution in [1.29, 1.82) is 0 Å². The van der Waals surface area contributed by atoms with Crippen LogP contribution in [0.5, 0.6) is 0 Å². The van der Waals surface area contributed by atoms with E-state index in [4.69, 9.17) is 0 Å². The van der Waals surface area contributed by atoms with Crippen LogP contribution < -0.4 is 5.32 Å². The first kappa shape index (κ1) is 17.4. The van der Waals surface area contributed by atoms with E-state index in [1.807, 2.05) is 56.4 Å². The minimum Gasteiger partial charge on any atom is -0.301 e. The van der Waals surface area contributed by atoms with Crippen LogP contribution in [-0.2, 0) is 6.54 Å². The predicted molar refractivity (Wildman–Crippen MR) is 101 cm³/mol. The van der Waals surface area contributed by atoms with Crippen molar-refractivity contribution in [2.24, 2.45) is 0 Å². The molecule has 0 fully saturated rings. The summed E-state index contributed by atoms with van der Waals surface area (Å²) >= 11 is 0. The number of pyridine rings is 1. The summed E-state index contributed by atoms with van der Waals surface area (Å²) < 4.78 is 1.80. The molecule has 0 saturated heterocycles.